The minimum Gasteiger partial charge on any atom is -0.478 e. The van der Waals surface area contributed by atoms with E-state index in [9.17, 15) is 62.1 Å². The van der Waals surface area contributed by atoms with Crippen molar-refractivity contribution in [3.8, 4) is 16.9 Å². The van der Waals surface area contributed by atoms with Crippen LogP contribution in [0.2, 0.25) is 0 Å². The first kappa shape index (κ1) is 38.8. The molecule has 23 heteroatoms. The van der Waals surface area contributed by atoms with Gasteiger partial charge in [0.2, 0.25) is 27.2 Å². The maximum absolute atomic E-state index is 14.2. The predicted molar refractivity (Wildman–Crippen MR) is 177 cm³/mol. The van der Waals surface area contributed by atoms with Gasteiger partial charge in [0, 0.05) is 18.2 Å². The molecule has 0 unspecified atom stereocenters. The number of anilines is 2. The molecule has 5 aromatic rings. The predicted octanol–water partition coefficient (Wildman–Crippen LogP) is 3.98. The molecule has 0 spiro atoms. The number of sulfonamides is 1. The summed E-state index contributed by atoms with van der Waals surface area (Å²) in [5.41, 5.74) is 6.85. The molecule has 1 aromatic heterocycles. The standard InChI is InChI=1S/C30H21F4N3O13S3/c31-17-11-18(32)23(34)26(22(17)33)50-30(40)12-2-3-13(16(10-12)29(38)39)21-14-4-6-19(35)27(52(44,45)37-8-1-9-51(41,42)43)24(14)49-25-15(21)5-7-20(36)28(25)53(46,47)48/h2-7,10-11,37H,1,8-9,35-36H2,(H2-,38,39,41,42,43,46,47,48)/p+1. The third kappa shape index (κ3) is 7.56. The van der Waals surface area contributed by atoms with Gasteiger partial charge in [0.05, 0.1) is 39.0 Å². The maximum Gasteiger partial charge on any atom is 0.384 e. The van der Waals surface area contributed by atoms with Gasteiger partial charge in [-0.25, -0.2) is 35.9 Å². The minimum absolute atomic E-state index is 0.147. The molecule has 0 saturated heterocycles. The van der Waals surface area contributed by atoms with Gasteiger partial charge in [0.1, 0.15) is 0 Å². The van der Waals surface area contributed by atoms with Crippen LogP contribution in [0.1, 0.15) is 27.1 Å². The van der Waals surface area contributed by atoms with E-state index in [2.05, 4.69) is 4.74 Å². The summed E-state index contributed by atoms with van der Waals surface area (Å²) < 4.78 is 162. The molecular weight excluding hydrogens is 783 g/mol. The van der Waals surface area contributed by atoms with Crippen molar-refractivity contribution in [1.82, 2.24) is 4.72 Å². The topological polar surface area (TPSA) is 282 Å². The molecule has 0 radical (unpaired) electrons. The lowest BCUT2D eigenvalue weighted by molar-refractivity contribution is 0.0697. The summed E-state index contributed by atoms with van der Waals surface area (Å²) in [6.07, 6.45) is -0.429. The highest BCUT2D eigenvalue weighted by atomic mass is 32.2. The van der Waals surface area contributed by atoms with E-state index >= 15 is 0 Å². The van der Waals surface area contributed by atoms with Crippen molar-refractivity contribution in [3.63, 3.8) is 0 Å². The number of ether oxygens (including phenoxy) is 1. The Morgan fingerprint density at radius 1 is 0.792 bits per heavy atom. The number of benzene rings is 4. The van der Waals surface area contributed by atoms with Crippen LogP contribution in [0.5, 0.6) is 5.75 Å². The summed E-state index contributed by atoms with van der Waals surface area (Å²) in [5, 5.41) is 9.63. The highest BCUT2D eigenvalue weighted by Gasteiger charge is 2.37. The molecule has 0 saturated carbocycles. The third-order valence-corrected chi connectivity index (χ3v) is 10.7. The monoisotopic (exact) mass is 804 g/mol. The maximum atomic E-state index is 14.2. The third-order valence-electron chi connectivity index (χ3n) is 7.45. The van der Waals surface area contributed by atoms with E-state index in [0.29, 0.717) is 6.07 Å². The zero-order chi connectivity index (χ0) is 39.4. The Balaban J connectivity index is 1.80. The number of aromatic carboxylic acids is 1. The van der Waals surface area contributed by atoms with Crippen molar-refractivity contribution >= 4 is 75.5 Å². The lowest BCUT2D eigenvalue weighted by Crippen LogP contribution is -2.27. The molecule has 53 heavy (non-hydrogen) atoms. The molecule has 280 valence electrons. The molecule has 8 N–H and O–H groups in total. The van der Waals surface area contributed by atoms with Crippen molar-refractivity contribution in [2.75, 3.05) is 23.8 Å². The first-order valence-electron chi connectivity index (χ1n) is 14.3. The van der Waals surface area contributed by atoms with E-state index in [1.165, 1.54) is 0 Å². The lowest BCUT2D eigenvalue weighted by Gasteiger charge is -2.14. The number of nitrogens with one attached hydrogen (secondary N) is 1. The smallest absolute Gasteiger partial charge is 0.384 e. The number of nitrogens with two attached hydrogens (primary N) is 2. The van der Waals surface area contributed by atoms with Gasteiger partial charge in [0.25, 0.3) is 20.1 Å². The lowest BCUT2D eigenvalue weighted by atomic mass is 9.92. The molecular formula is C30H22F4N3O13S3+. The normalized spacial score (nSPS) is 12.3. The Bertz CT molecular complexity index is 2720. The number of carbonyl (C=O) groups is 2. The first-order valence-corrected chi connectivity index (χ1v) is 18.8. The van der Waals surface area contributed by atoms with Gasteiger partial charge < -0.3 is 21.3 Å². The van der Waals surface area contributed by atoms with E-state index in [-0.39, 0.29) is 22.4 Å². The van der Waals surface area contributed by atoms with E-state index < -0.39 is 139 Å². The molecule has 16 nitrogen and oxygen atoms in total. The van der Waals surface area contributed by atoms with Crippen LogP contribution in [-0.4, -0.2) is 63.7 Å². The number of carboxylic acid groups (broad SMARTS) is 1. The van der Waals surface area contributed by atoms with Gasteiger partial charge in [0.15, 0.2) is 11.6 Å². The van der Waals surface area contributed by atoms with Crippen LogP contribution in [0.15, 0.2) is 62.7 Å². The van der Waals surface area contributed by atoms with Crippen molar-refractivity contribution < 1.29 is 75.8 Å². The Labute approximate surface area is 295 Å². The van der Waals surface area contributed by atoms with Gasteiger partial charge in [-0.15, -0.1) is 0 Å². The molecule has 1 heterocycles. The average molecular weight is 805 g/mol. The Morgan fingerprint density at radius 3 is 1.87 bits per heavy atom. The fourth-order valence-electron chi connectivity index (χ4n) is 5.22. The molecule has 0 amide bonds. The van der Waals surface area contributed by atoms with E-state index in [0.717, 1.165) is 36.4 Å². The van der Waals surface area contributed by atoms with Crippen LogP contribution in [0.4, 0.5) is 28.9 Å². The minimum atomic E-state index is -5.29. The number of hydrogen-bond acceptors (Lipinski definition) is 11. The van der Waals surface area contributed by atoms with Gasteiger partial charge in [-0.1, -0.05) is 6.07 Å². The summed E-state index contributed by atoms with van der Waals surface area (Å²) in [6.45, 7) is -0.585. The molecule has 0 aliphatic rings. The largest absolute Gasteiger partial charge is 0.478 e. The summed E-state index contributed by atoms with van der Waals surface area (Å²) in [6, 6.07) is 6.49. The van der Waals surface area contributed by atoms with E-state index in [4.69, 9.17) is 20.4 Å². The van der Waals surface area contributed by atoms with Crippen LogP contribution in [0.3, 0.4) is 0 Å². The number of halogens is 4. The quantitative estimate of drug-likeness (QED) is 0.0127. The van der Waals surface area contributed by atoms with Gasteiger partial charge in [-0.2, -0.15) is 25.6 Å². The molecule has 4 aromatic carbocycles. The molecule has 0 bridgehead atoms. The van der Waals surface area contributed by atoms with Gasteiger partial charge in [-0.3, -0.25) is 9.11 Å². The molecule has 0 aliphatic carbocycles. The van der Waals surface area contributed by atoms with Crippen molar-refractivity contribution in [3.05, 3.63) is 82.9 Å². The van der Waals surface area contributed by atoms with Crippen molar-refractivity contribution in [1.29, 1.82) is 0 Å². The number of rotatable bonds is 11. The summed E-state index contributed by atoms with van der Waals surface area (Å²) >= 11 is 0. The van der Waals surface area contributed by atoms with Crippen LogP contribution in [0, 0.1) is 23.3 Å². The fourth-order valence-corrected chi connectivity index (χ4v) is 7.82. The second kappa shape index (κ2) is 13.8. The molecule has 0 atom stereocenters. The molecule has 0 aliphatic heterocycles. The van der Waals surface area contributed by atoms with Crippen LogP contribution in [0.25, 0.3) is 33.1 Å². The zero-order valence-corrected chi connectivity index (χ0v) is 28.5. The highest BCUT2D eigenvalue weighted by molar-refractivity contribution is 7.90. The molecule has 5 rings (SSSR count). The zero-order valence-electron chi connectivity index (χ0n) is 26.1. The van der Waals surface area contributed by atoms with Gasteiger partial charge >= 0.3 is 33.2 Å². The number of carbonyl (C=O) groups excluding carboxylic acids is 1. The SMILES string of the molecule is Nc1ccc2c(-c3ccc(C(=O)Oc4c(F)c(F)cc(F)c4F)cc3C(=O)O)c3ccc(N)c(S(=O)(=O)NCCCS(=O)(=O)O)c3[o+]c2c1S(=O)(=O)O. The molecule has 0 fully saturated rings. The fraction of sp³-hybridized carbons (Fsp3) is 0.100. The summed E-state index contributed by atoms with van der Waals surface area (Å²) in [7, 11) is -14.6. The number of carboxylic acids is 1. The number of fused-ring (bicyclic) bond motifs is 2. The Kier molecular flexibility index (Phi) is 10.1. The van der Waals surface area contributed by atoms with Crippen molar-refractivity contribution in [2.45, 2.75) is 16.2 Å². The van der Waals surface area contributed by atoms with Crippen LogP contribution >= 0.6 is 0 Å². The first-order chi connectivity index (χ1) is 24.5. The Morgan fingerprint density at radius 2 is 1.34 bits per heavy atom. The second-order valence-electron chi connectivity index (χ2n) is 11.0. The number of esters is 1. The highest BCUT2D eigenvalue weighted by Crippen LogP contribution is 2.44. The number of nitrogen functional groups attached to an aromatic ring is 2. The average Bonchev–Trinajstić information content (AvgIpc) is 3.05. The number of hydrogen-bond donors (Lipinski definition) is 6. The van der Waals surface area contributed by atoms with Crippen LogP contribution in [-0.2, 0) is 30.3 Å². The summed E-state index contributed by atoms with van der Waals surface area (Å²) in [4.78, 5) is 23.6. The second-order valence-corrected chi connectivity index (χ2v) is 15.6. The van der Waals surface area contributed by atoms with Gasteiger partial charge in [-0.05, 0) is 48.4 Å². The van der Waals surface area contributed by atoms with Crippen LogP contribution < -0.4 is 20.9 Å². The van der Waals surface area contributed by atoms with E-state index in [1.54, 1.807) is 0 Å². The summed E-state index contributed by atoms with van der Waals surface area (Å²) in [5.74, 6) is -14.1. The Hall–Kier alpha value is -5.46. The van der Waals surface area contributed by atoms with E-state index in [1.807, 2.05) is 4.72 Å². The van der Waals surface area contributed by atoms with Crippen molar-refractivity contribution in [2.24, 2.45) is 0 Å².